The molecule has 4 aromatic rings. The Morgan fingerprint density at radius 1 is 1.10 bits per heavy atom. The molecule has 0 bridgehead atoms. The molecule has 0 saturated carbocycles. The van der Waals surface area contributed by atoms with E-state index in [1.165, 1.54) is 6.92 Å². The zero-order chi connectivity index (χ0) is 14.4. The van der Waals surface area contributed by atoms with Crippen LogP contribution in [0.3, 0.4) is 0 Å². The van der Waals surface area contributed by atoms with E-state index in [0.717, 1.165) is 38.5 Å². The largest absolute Gasteiger partial charge is 0.353 e. The number of para-hydroxylation sites is 1. The highest BCUT2D eigenvalue weighted by atomic mass is 16.1. The van der Waals surface area contributed by atoms with Crippen LogP contribution >= 0.6 is 0 Å². The predicted octanol–water partition coefficient (Wildman–Crippen LogP) is 3.83. The fraction of sp³-hybridized carbons (Fsp3) is 0.0588. The average Bonchev–Trinajstić information content (AvgIpc) is 2.81. The first-order valence-electron chi connectivity index (χ1n) is 6.79. The van der Waals surface area contributed by atoms with Crippen LogP contribution in [0.15, 0.2) is 48.5 Å². The Bertz CT molecular complexity index is 1000. The molecule has 1 amide bonds. The molecular formula is C17H13N3O. The molecule has 0 aliphatic rings. The zero-order valence-corrected chi connectivity index (χ0v) is 11.5. The van der Waals surface area contributed by atoms with Crippen LogP contribution in [-0.2, 0) is 4.79 Å². The van der Waals surface area contributed by atoms with Gasteiger partial charge in [-0.05, 0) is 30.3 Å². The van der Waals surface area contributed by atoms with E-state index < -0.39 is 0 Å². The van der Waals surface area contributed by atoms with Crippen LogP contribution in [0.5, 0.6) is 0 Å². The normalized spacial score (nSPS) is 11.3. The number of aromatic nitrogens is 2. The van der Waals surface area contributed by atoms with Gasteiger partial charge in [-0.15, -0.1) is 0 Å². The Morgan fingerprint density at radius 2 is 1.95 bits per heavy atom. The van der Waals surface area contributed by atoms with Crippen molar-refractivity contribution in [1.29, 1.82) is 0 Å². The summed E-state index contributed by atoms with van der Waals surface area (Å²) in [6.07, 6.45) is 0. The van der Waals surface area contributed by atoms with Crippen LogP contribution < -0.4 is 5.32 Å². The molecule has 0 unspecified atom stereocenters. The molecule has 0 aliphatic heterocycles. The van der Waals surface area contributed by atoms with Crippen LogP contribution in [0, 0.1) is 0 Å². The first-order valence-corrected chi connectivity index (χ1v) is 6.79. The van der Waals surface area contributed by atoms with Gasteiger partial charge in [-0.2, -0.15) is 0 Å². The molecule has 4 heteroatoms. The highest BCUT2D eigenvalue weighted by Crippen LogP contribution is 2.27. The van der Waals surface area contributed by atoms with Gasteiger partial charge in [0.2, 0.25) is 5.91 Å². The lowest BCUT2D eigenvalue weighted by molar-refractivity contribution is -0.114. The number of nitrogens with zero attached hydrogens (tertiary/aromatic N) is 1. The summed E-state index contributed by atoms with van der Waals surface area (Å²) in [5, 5.41) is 4.92. The van der Waals surface area contributed by atoms with Gasteiger partial charge >= 0.3 is 0 Å². The lowest BCUT2D eigenvalue weighted by Crippen LogP contribution is -2.05. The third kappa shape index (κ3) is 1.92. The van der Waals surface area contributed by atoms with Gasteiger partial charge in [0.15, 0.2) is 0 Å². The van der Waals surface area contributed by atoms with Crippen LogP contribution in [0.1, 0.15) is 6.92 Å². The Morgan fingerprint density at radius 3 is 2.81 bits per heavy atom. The maximum atomic E-state index is 11.1. The predicted molar refractivity (Wildman–Crippen MR) is 85.4 cm³/mol. The number of amides is 1. The van der Waals surface area contributed by atoms with Gasteiger partial charge in [-0.3, -0.25) is 4.79 Å². The third-order valence-electron chi connectivity index (χ3n) is 3.59. The second-order valence-corrected chi connectivity index (χ2v) is 5.14. The number of rotatable bonds is 1. The molecule has 0 saturated heterocycles. The molecule has 4 nitrogen and oxygen atoms in total. The number of pyridine rings is 1. The van der Waals surface area contributed by atoms with Crippen LogP contribution in [0.25, 0.3) is 32.8 Å². The quantitative estimate of drug-likeness (QED) is 0.554. The van der Waals surface area contributed by atoms with Gasteiger partial charge in [0.25, 0.3) is 0 Å². The molecule has 102 valence electrons. The zero-order valence-electron chi connectivity index (χ0n) is 11.5. The number of nitrogens with one attached hydrogen (secondary N) is 2. The van der Waals surface area contributed by atoms with E-state index in [1.807, 2.05) is 36.4 Å². The second-order valence-electron chi connectivity index (χ2n) is 5.14. The molecule has 0 spiro atoms. The first kappa shape index (κ1) is 11.9. The van der Waals surface area contributed by atoms with Crippen molar-refractivity contribution in [2.45, 2.75) is 6.92 Å². The maximum absolute atomic E-state index is 11.1. The number of anilines is 1. The minimum atomic E-state index is -0.0750. The Labute approximate surface area is 120 Å². The van der Waals surface area contributed by atoms with Gasteiger partial charge in [-0.25, -0.2) is 4.98 Å². The summed E-state index contributed by atoms with van der Waals surface area (Å²) >= 11 is 0. The van der Waals surface area contributed by atoms with Gasteiger partial charge in [0.1, 0.15) is 0 Å². The summed E-state index contributed by atoms with van der Waals surface area (Å²) in [6.45, 7) is 1.50. The maximum Gasteiger partial charge on any atom is 0.221 e. The van der Waals surface area contributed by atoms with Crippen molar-refractivity contribution in [2.24, 2.45) is 0 Å². The van der Waals surface area contributed by atoms with E-state index in [0.29, 0.717) is 0 Å². The number of carbonyl (C=O) groups excluding carboxylic acids is 1. The average molecular weight is 275 g/mol. The van der Waals surface area contributed by atoms with E-state index in [9.17, 15) is 4.79 Å². The van der Waals surface area contributed by atoms with Gasteiger partial charge < -0.3 is 10.3 Å². The molecule has 2 N–H and O–H groups in total. The van der Waals surface area contributed by atoms with Crippen molar-refractivity contribution in [1.82, 2.24) is 9.97 Å². The number of hydrogen-bond donors (Lipinski definition) is 2. The fourth-order valence-corrected chi connectivity index (χ4v) is 2.70. The van der Waals surface area contributed by atoms with Crippen molar-refractivity contribution in [3.8, 4) is 0 Å². The smallest absolute Gasteiger partial charge is 0.221 e. The van der Waals surface area contributed by atoms with E-state index >= 15 is 0 Å². The van der Waals surface area contributed by atoms with E-state index in [4.69, 9.17) is 4.98 Å². The van der Waals surface area contributed by atoms with E-state index in [1.54, 1.807) is 0 Å². The number of benzene rings is 2. The molecular weight excluding hydrogens is 262 g/mol. The molecule has 2 aromatic carbocycles. The van der Waals surface area contributed by atoms with Crippen LogP contribution in [0.2, 0.25) is 0 Å². The molecule has 0 radical (unpaired) electrons. The molecule has 0 atom stereocenters. The summed E-state index contributed by atoms with van der Waals surface area (Å²) in [7, 11) is 0. The molecule has 2 aromatic heterocycles. The van der Waals surface area contributed by atoms with Crippen molar-refractivity contribution in [3.05, 3.63) is 48.5 Å². The lowest BCUT2D eigenvalue weighted by atomic mass is 10.1. The third-order valence-corrected chi connectivity index (χ3v) is 3.59. The Hall–Kier alpha value is -2.88. The summed E-state index contributed by atoms with van der Waals surface area (Å²) in [6, 6.07) is 16.0. The molecule has 0 fully saturated rings. The Balaban J connectivity index is 2.00. The summed E-state index contributed by atoms with van der Waals surface area (Å²) < 4.78 is 0. The monoisotopic (exact) mass is 275 g/mol. The Kier molecular flexibility index (Phi) is 2.44. The first-order chi connectivity index (χ1) is 10.2. The van der Waals surface area contributed by atoms with Gasteiger partial charge in [0.05, 0.1) is 16.6 Å². The summed E-state index contributed by atoms with van der Waals surface area (Å²) in [5.41, 5.74) is 4.76. The lowest BCUT2D eigenvalue weighted by Gasteiger charge is -2.04. The highest BCUT2D eigenvalue weighted by molar-refractivity contribution is 6.08. The van der Waals surface area contributed by atoms with Crippen molar-refractivity contribution in [2.75, 3.05) is 5.32 Å². The topological polar surface area (TPSA) is 57.8 Å². The minimum Gasteiger partial charge on any atom is -0.353 e. The van der Waals surface area contributed by atoms with Crippen molar-refractivity contribution in [3.63, 3.8) is 0 Å². The SMILES string of the molecule is CC(=O)Nc1ccc2nc3c(cc2c1)[nH]c1ccccc13. The molecule has 0 aliphatic carbocycles. The number of fused-ring (bicyclic) bond motifs is 4. The van der Waals surface area contributed by atoms with Gasteiger partial charge in [-0.1, -0.05) is 18.2 Å². The summed E-state index contributed by atoms with van der Waals surface area (Å²) in [5.74, 6) is -0.0750. The van der Waals surface area contributed by atoms with E-state index in [-0.39, 0.29) is 5.91 Å². The molecule has 21 heavy (non-hydrogen) atoms. The number of H-pyrrole nitrogens is 1. The second kappa shape index (κ2) is 4.31. The van der Waals surface area contributed by atoms with Crippen molar-refractivity contribution >= 4 is 44.4 Å². The van der Waals surface area contributed by atoms with Gasteiger partial charge in [0, 0.05) is 28.9 Å². The van der Waals surface area contributed by atoms with E-state index in [2.05, 4.69) is 22.4 Å². The summed E-state index contributed by atoms with van der Waals surface area (Å²) in [4.78, 5) is 19.3. The minimum absolute atomic E-state index is 0.0750. The number of aromatic amines is 1. The fourth-order valence-electron chi connectivity index (χ4n) is 2.70. The number of carbonyl (C=O) groups is 1. The molecule has 2 heterocycles. The van der Waals surface area contributed by atoms with Crippen LogP contribution in [-0.4, -0.2) is 15.9 Å². The highest BCUT2D eigenvalue weighted by Gasteiger charge is 2.07. The number of hydrogen-bond acceptors (Lipinski definition) is 2. The molecule has 4 rings (SSSR count). The van der Waals surface area contributed by atoms with Crippen LogP contribution in [0.4, 0.5) is 5.69 Å². The standard InChI is InChI=1S/C17H13N3O/c1-10(21)18-12-6-7-14-11(8-12)9-16-17(20-14)13-4-2-3-5-15(13)19-16/h2-9,19H,1H3,(H,18,21). The van der Waals surface area contributed by atoms with Crippen molar-refractivity contribution < 1.29 is 4.79 Å².